The summed E-state index contributed by atoms with van der Waals surface area (Å²) in [5.41, 5.74) is 4.77. The van der Waals surface area contributed by atoms with Crippen LogP contribution in [-0.4, -0.2) is 68.3 Å². The second-order valence-corrected chi connectivity index (χ2v) is 14.0. The van der Waals surface area contributed by atoms with Crippen molar-refractivity contribution in [2.75, 3.05) is 13.7 Å². The highest BCUT2D eigenvalue weighted by Gasteiger charge is 2.49. The molecule has 1 amide bonds. The molecule has 298 valence electrons. The molecule has 0 radical (unpaired) electrons. The van der Waals surface area contributed by atoms with Crippen LogP contribution in [0.25, 0.3) is 0 Å². The van der Waals surface area contributed by atoms with E-state index in [0.29, 0.717) is 19.6 Å². The second-order valence-electron chi connectivity index (χ2n) is 14.0. The molecule has 2 N–H and O–H groups in total. The number of rotatable bonds is 20. The molecule has 1 aliphatic rings. The maximum Gasteiger partial charge on any atom is 0.328 e. The highest BCUT2D eigenvalue weighted by atomic mass is 16.7. The van der Waals surface area contributed by atoms with Crippen LogP contribution in [0.5, 0.6) is 0 Å². The van der Waals surface area contributed by atoms with Gasteiger partial charge in [0.1, 0.15) is 37.1 Å². The molecule has 1 aliphatic heterocycles. The predicted molar refractivity (Wildman–Crippen MR) is 217 cm³/mol. The molecule has 57 heavy (non-hydrogen) atoms. The highest BCUT2D eigenvalue weighted by Crippen LogP contribution is 2.31. The lowest BCUT2D eigenvalue weighted by Crippen LogP contribution is -2.63. The maximum atomic E-state index is 14.0. The molecule has 6 rings (SSSR count). The zero-order chi connectivity index (χ0) is 39.7. The maximum absolute atomic E-state index is 14.0. The van der Waals surface area contributed by atoms with Crippen molar-refractivity contribution in [3.8, 4) is 0 Å². The molecule has 1 fully saturated rings. The third-order valence-electron chi connectivity index (χ3n) is 9.78. The monoisotopic (exact) mass is 772 g/mol. The Morgan fingerprint density at radius 3 is 1.47 bits per heavy atom. The van der Waals surface area contributed by atoms with E-state index in [4.69, 9.17) is 28.4 Å². The Hall–Kier alpha value is -5.20. The van der Waals surface area contributed by atoms with E-state index in [1.54, 1.807) is 14.0 Å². The first-order valence-electron chi connectivity index (χ1n) is 19.4. The Morgan fingerprint density at radius 2 is 1.00 bits per heavy atom. The Balaban J connectivity index is 1.23. The van der Waals surface area contributed by atoms with Crippen LogP contribution in [0.2, 0.25) is 0 Å². The van der Waals surface area contributed by atoms with Crippen LogP contribution in [0.1, 0.15) is 34.7 Å². The largest absolute Gasteiger partial charge is 0.459 e. The number of hydrogen-bond acceptors (Lipinski definition) is 9. The van der Waals surface area contributed by atoms with Crippen molar-refractivity contribution >= 4 is 11.9 Å². The fraction of sp³-hybridized carbons (Fsp3) is 0.319. The van der Waals surface area contributed by atoms with Crippen LogP contribution in [0.15, 0.2) is 152 Å². The van der Waals surface area contributed by atoms with E-state index in [1.165, 1.54) is 0 Å². The van der Waals surface area contributed by atoms with Gasteiger partial charge in [-0.15, -0.1) is 0 Å². The lowest BCUT2D eigenvalue weighted by Gasteiger charge is -2.46. The SMILES string of the molecule is CO[C@H]1O[C@H](CN[C@H](Cc2ccccc2)C(=O)N[C@@H](C)C(=O)OCc2ccccc2)[C@@H](OCc2ccccc2)[C@H](OCc2ccccc2)[C@H]1OCc1ccccc1. The first-order chi connectivity index (χ1) is 28.0. The van der Waals surface area contributed by atoms with Crippen molar-refractivity contribution < 1.29 is 38.0 Å². The average Bonchev–Trinajstić information content (AvgIpc) is 3.26. The van der Waals surface area contributed by atoms with Crippen LogP contribution in [0.3, 0.4) is 0 Å². The minimum Gasteiger partial charge on any atom is -0.459 e. The van der Waals surface area contributed by atoms with Crippen molar-refractivity contribution in [1.29, 1.82) is 0 Å². The lowest BCUT2D eigenvalue weighted by molar-refractivity contribution is -0.316. The van der Waals surface area contributed by atoms with Crippen molar-refractivity contribution in [3.63, 3.8) is 0 Å². The third kappa shape index (κ3) is 12.6. The number of carbonyl (C=O) groups is 2. The van der Waals surface area contributed by atoms with Gasteiger partial charge >= 0.3 is 5.97 Å². The van der Waals surface area contributed by atoms with Gasteiger partial charge in [0, 0.05) is 13.7 Å². The second kappa shape index (κ2) is 21.9. The summed E-state index contributed by atoms with van der Waals surface area (Å²) in [6, 6.07) is 47.3. The molecular weight excluding hydrogens is 721 g/mol. The van der Waals surface area contributed by atoms with Crippen LogP contribution in [0, 0.1) is 0 Å². The van der Waals surface area contributed by atoms with E-state index in [-0.39, 0.29) is 25.7 Å². The normalized spacial score (nSPS) is 20.3. The van der Waals surface area contributed by atoms with E-state index in [9.17, 15) is 9.59 Å². The molecule has 0 unspecified atom stereocenters. The number of ether oxygens (including phenoxy) is 6. The van der Waals surface area contributed by atoms with Crippen LogP contribution in [0.4, 0.5) is 0 Å². The number of esters is 1. The zero-order valence-electron chi connectivity index (χ0n) is 32.5. The van der Waals surface area contributed by atoms with E-state index in [1.807, 2.05) is 152 Å². The summed E-state index contributed by atoms with van der Waals surface area (Å²) in [6.07, 6.45) is -3.06. The van der Waals surface area contributed by atoms with Gasteiger partial charge in [0.25, 0.3) is 0 Å². The lowest BCUT2D eigenvalue weighted by atomic mass is 9.96. The Kier molecular flexibility index (Phi) is 15.9. The summed E-state index contributed by atoms with van der Waals surface area (Å²) in [6.45, 7) is 2.81. The quantitative estimate of drug-likeness (QED) is 0.0850. The number of benzene rings is 5. The fourth-order valence-electron chi connectivity index (χ4n) is 6.69. The highest BCUT2D eigenvalue weighted by molar-refractivity contribution is 5.87. The molecule has 0 spiro atoms. The van der Waals surface area contributed by atoms with E-state index >= 15 is 0 Å². The van der Waals surface area contributed by atoms with Crippen molar-refractivity contribution in [2.24, 2.45) is 0 Å². The fourth-order valence-corrected chi connectivity index (χ4v) is 6.69. The summed E-state index contributed by atoms with van der Waals surface area (Å²) in [5.74, 6) is -0.886. The van der Waals surface area contributed by atoms with Crippen molar-refractivity contribution in [3.05, 3.63) is 179 Å². The molecule has 0 aliphatic carbocycles. The number of carbonyl (C=O) groups excluding carboxylic acids is 2. The van der Waals surface area contributed by atoms with Crippen LogP contribution in [-0.2, 0) is 70.9 Å². The number of nitrogens with one attached hydrogen (secondary N) is 2. The molecule has 10 nitrogen and oxygen atoms in total. The molecule has 0 saturated carbocycles. The minimum absolute atomic E-state index is 0.110. The van der Waals surface area contributed by atoms with E-state index in [0.717, 1.165) is 27.8 Å². The van der Waals surface area contributed by atoms with Gasteiger partial charge < -0.3 is 39.1 Å². The summed E-state index contributed by atoms with van der Waals surface area (Å²) < 4.78 is 38.2. The van der Waals surface area contributed by atoms with E-state index in [2.05, 4.69) is 10.6 Å². The summed E-state index contributed by atoms with van der Waals surface area (Å²) >= 11 is 0. The number of methoxy groups -OCH3 is 1. The molecule has 5 aromatic carbocycles. The van der Waals surface area contributed by atoms with Gasteiger partial charge in [-0.25, -0.2) is 4.79 Å². The first-order valence-corrected chi connectivity index (χ1v) is 19.4. The molecule has 0 bridgehead atoms. The Morgan fingerprint density at radius 1 is 0.579 bits per heavy atom. The number of amides is 1. The van der Waals surface area contributed by atoms with Gasteiger partial charge in [-0.1, -0.05) is 152 Å². The van der Waals surface area contributed by atoms with Crippen LogP contribution < -0.4 is 10.6 Å². The summed E-state index contributed by atoms with van der Waals surface area (Å²) in [7, 11) is 1.58. The first kappa shape index (κ1) is 41.4. The van der Waals surface area contributed by atoms with Gasteiger partial charge in [0.15, 0.2) is 6.29 Å². The molecule has 7 atom stereocenters. The Bertz CT molecular complexity index is 1900. The molecular formula is C47H52N2O8. The smallest absolute Gasteiger partial charge is 0.328 e. The van der Waals surface area contributed by atoms with Crippen LogP contribution >= 0.6 is 0 Å². The molecule has 5 aromatic rings. The summed E-state index contributed by atoms with van der Waals surface area (Å²) in [4.78, 5) is 27.0. The molecule has 1 saturated heterocycles. The number of hydrogen-bond donors (Lipinski definition) is 2. The average molecular weight is 773 g/mol. The Labute approximate surface area is 335 Å². The molecule has 1 heterocycles. The predicted octanol–water partition coefficient (Wildman–Crippen LogP) is 6.56. The molecule has 0 aromatic heterocycles. The zero-order valence-corrected chi connectivity index (χ0v) is 32.5. The topological polar surface area (TPSA) is 114 Å². The van der Waals surface area contributed by atoms with Gasteiger partial charge in [-0.2, -0.15) is 0 Å². The summed E-state index contributed by atoms with van der Waals surface area (Å²) in [5, 5.41) is 6.33. The van der Waals surface area contributed by atoms with Gasteiger partial charge in [0.05, 0.1) is 25.9 Å². The standard InChI is InChI=1S/C47H52N2O8/c1-34(46(51)56-33-39-26-16-7-17-27-39)49-45(50)40(28-35-18-8-3-9-19-35)48-29-41-42(53-30-36-20-10-4-11-21-36)43(54-31-37-22-12-5-13-23-37)44(47(52-2)57-41)55-32-38-24-14-6-15-25-38/h3-27,34,40-44,47-48H,28-33H2,1-2H3,(H,49,50)/t34-,40+,41+,42+,43-,44+,47-/m0/s1. The van der Waals surface area contributed by atoms with Crippen molar-refractivity contribution in [1.82, 2.24) is 10.6 Å². The molecule has 10 heteroatoms. The van der Waals surface area contributed by atoms with E-state index < -0.39 is 48.8 Å². The van der Waals surface area contributed by atoms with Crippen molar-refractivity contribution in [2.45, 2.75) is 82.6 Å². The third-order valence-corrected chi connectivity index (χ3v) is 9.78. The van der Waals surface area contributed by atoms with Gasteiger partial charge in [-0.05, 0) is 41.2 Å². The van der Waals surface area contributed by atoms with Gasteiger partial charge in [0.2, 0.25) is 5.91 Å². The minimum atomic E-state index is -0.884. The van der Waals surface area contributed by atoms with Gasteiger partial charge in [-0.3, -0.25) is 4.79 Å².